The molecule has 3 aromatic rings. The maximum Gasteiger partial charge on any atom is 0.289 e. The third-order valence-electron chi connectivity index (χ3n) is 4.74. The topological polar surface area (TPSA) is 55.0 Å². The number of oxime groups is 1. The highest BCUT2D eigenvalue weighted by Gasteiger charge is 2.29. The molecule has 30 heavy (non-hydrogen) atoms. The van der Waals surface area contributed by atoms with Crippen molar-refractivity contribution in [1.82, 2.24) is 4.90 Å². The first kappa shape index (κ1) is 19.8. The minimum atomic E-state index is -0.761. The number of amides is 1. The van der Waals surface area contributed by atoms with Crippen molar-refractivity contribution in [3.05, 3.63) is 95.2 Å². The van der Waals surface area contributed by atoms with Crippen molar-refractivity contribution in [2.75, 3.05) is 6.54 Å². The Hall–Kier alpha value is -3.55. The summed E-state index contributed by atoms with van der Waals surface area (Å²) in [7, 11) is 0. The van der Waals surface area contributed by atoms with E-state index in [0.717, 1.165) is 12.1 Å². The van der Waals surface area contributed by atoms with Crippen LogP contribution in [-0.2, 0) is 11.4 Å². The Morgan fingerprint density at radius 1 is 1.07 bits per heavy atom. The fourth-order valence-corrected chi connectivity index (χ4v) is 3.26. The molecule has 2 aromatic carbocycles. The molecule has 0 aliphatic carbocycles. The lowest BCUT2D eigenvalue weighted by Gasteiger charge is -2.24. The number of carbonyl (C=O) groups excluding carboxylic acids is 1. The number of hydrogen-bond acceptors (Lipinski definition) is 4. The number of carbonyl (C=O) groups is 1. The molecule has 8 heteroatoms. The summed E-state index contributed by atoms with van der Waals surface area (Å²) in [6.45, 7) is -0.0711. The predicted octanol–water partition coefficient (Wildman–Crippen LogP) is 4.53. The Morgan fingerprint density at radius 2 is 1.90 bits per heavy atom. The van der Waals surface area contributed by atoms with Gasteiger partial charge >= 0.3 is 0 Å². The first-order chi connectivity index (χ1) is 14.5. The average molecular weight is 414 g/mol. The SMILES string of the molecule is O=C(c1ccco1)N(Cc1ccc(F)cc1F)CC1CC(c2ccccc2F)=NO1. The summed E-state index contributed by atoms with van der Waals surface area (Å²) in [5, 5.41) is 3.95. The largest absolute Gasteiger partial charge is 0.459 e. The van der Waals surface area contributed by atoms with Crippen LogP contribution in [0.1, 0.15) is 28.1 Å². The molecule has 0 fully saturated rings. The Labute approximate surface area is 170 Å². The molecular weight excluding hydrogens is 397 g/mol. The van der Waals surface area contributed by atoms with Gasteiger partial charge in [0.2, 0.25) is 0 Å². The van der Waals surface area contributed by atoms with Crippen LogP contribution in [0.3, 0.4) is 0 Å². The molecule has 0 bridgehead atoms. The van der Waals surface area contributed by atoms with E-state index in [1.807, 2.05) is 0 Å². The summed E-state index contributed by atoms with van der Waals surface area (Å²) in [6.07, 6.45) is 1.08. The van der Waals surface area contributed by atoms with E-state index in [2.05, 4.69) is 5.16 Å². The van der Waals surface area contributed by atoms with E-state index in [1.54, 1.807) is 24.3 Å². The second-order valence-electron chi connectivity index (χ2n) is 6.85. The van der Waals surface area contributed by atoms with Crippen molar-refractivity contribution < 1.29 is 27.2 Å². The first-order valence-electron chi connectivity index (χ1n) is 9.25. The number of halogens is 3. The van der Waals surface area contributed by atoms with Gasteiger partial charge in [0.25, 0.3) is 5.91 Å². The molecule has 1 aliphatic rings. The maximum atomic E-state index is 14.2. The standard InChI is InChI=1S/C22H17F3N2O3/c23-15-8-7-14(19(25)10-15)12-27(22(28)21-6-3-9-29-21)13-16-11-20(26-30-16)17-4-1-2-5-18(17)24/h1-10,16H,11-13H2. The van der Waals surface area contributed by atoms with Gasteiger partial charge in [0.15, 0.2) is 11.9 Å². The zero-order valence-electron chi connectivity index (χ0n) is 15.7. The summed E-state index contributed by atoms with van der Waals surface area (Å²) in [4.78, 5) is 19.6. The number of benzene rings is 2. The van der Waals surface area contributed by atoms with Gasteiger partial charge in [-0.1, -0.05) is 29.4 Å². The van der Waals surface area contributed by atoms with E-state index in [4.69, 9.17) is 9.25 Å². The van der Waals surface area contributed by atoms with Crippen LogP contribution in [-0.4, -0.2) is 29.2 Å². The molecule has 1 atom stereocenters. The molecule has 0 radical (unpaired) electrons. The fraction of sp³-hybridized carbons (Fsp3) is 0.182. The predicted molar refractivity (Wildman–Crippen MR) is 102 cm³/mol. The lowest BCUT2D eigenvalue weighted by Crippen LogP contribution is -2.37. The average Bonchev–Trinajstić information content (AvgIpc) is 3.41. The molecule has 0 saturated carbocycles. The minimum absolute atomic E-state index is 0.0534. The molecular formula is C22H17F3N2O3. The number of furan rings is 1. The van der Waals surface area contributed by atoms with Crippen LogP contribution in [0.25, 0.3) is 0 Å². The molecule has 0 spiro atoms. The lowest BCUT2D eigenvalue weighted by atomic mass is 10.0. The Bertz CT molecular complexity index is 1080. The maximum absolute atomic E-state index is 14.2. The zero-order chi connectivity index (χ0) is 21.1. The Kier molecular flexibility index (Phi) is 5.56. The van der Waals surface area contributed by atoms with Crippen LogP contribution in [0.15, 0.2) is 70.4 Å². The summed E-state index contributed by atoms with van der Waals surface area (Å²) in [6, 6.07) is 12.4. The second-order valence-corrected chi connectivity index (χ2v) is 6.85. The van der Waals surface area contributed by atoms with Crippen molar-refractivity contribution in [2.45, 2.75) is 19.1 Å². The molecule has 4 rings (SSSR count). The molecule has 5 nitrogen and oxygen atoms in total. The summed E-state index contributed by atoms with van der Waals surface area (Å²) in [5.41, 5.74) is 0.898. The van der Waals surface area contributed by atoms with Crippen molar-refractivity contribution in [3.8, 4) is 0 Å². The van der Waals surface area contributed by atoms with Crippen molar-refractivity contribution in [2.24, 2.45) is 5.16 Å². The second kappa shape index (κ2) is 8.44. The first-order valence-corrected chi connectivity index (χ1v) is 9.25. The Balaban J connectivity index is 1.52. The van der Waals surface area contributed by atoms with E-state index in [-0.39, 0.29) is 30.8 Å². The van der Waals surface area contributed by atoms with Gasteiger partial charge in [-0.05, 0) is 24.3 Å². The number of nitrogens with zero attached hydrogens (tertiary/aromatic N) is 2. The molecule has 1 amide bonds. The van der Waals surface area contributed by atoms with Gasteiger partial charge in [-0.2, -0.15) is 0 Å². The summed E-state index contributed by atoms with van der Waals surface area (Å²) >= 11 is 0. The highest BCUT2D eigenvalue weighted by molar-refractivity contribution is 6.01. The number of hydrogen-bond donors (Lipinski definition) is 0. The quantitative estimate of drug-likeness (QED) is 0.596. The molecule has 2 heterocycles. The molecule has 1 unspecified atom stereocenters. The van der Waals surface area contributed by atoms with Gasteiger partial charge in [-0.25, -0.2) is 13.2 Å². The monoisotopic (exact) mass is 414 g/mol. The molecule has 1 aliphatic heterocycles. The molecule has 0 N–H and O–H groups in total. The Morgan fingerprint density at radius 3 is 2.63 bits per heavy atom. The van der Waals surface area contributed by atoms with Crippen LogP contribution in [0, 0.1) is 17.5 Å². The van der Waals surface area contributed by atoms with Crippen LogP contribution >= 0.6 is 0 Å². The molecule has 154 valence electrons. The normalized spacial score (nSPS) is 15.6. The van der Waals surface area contributed by atoms with Crippen molar-refractivity contribution in [1.29, 1.82) is 0 Å². The third kappa shape index (κ3) is 4.22. The highest BCUT2D eigenvalue weighted by atomic mass is 19.1. The van der Waals surface area contributed by atoms with E-state index in [0.29, 0.717) is 11.3 Å². The van der Waals surface area contributed by atoms with Gasteiger partial charge in [-0.15, -0.1) is 0 Å². The summed E-state index contributed by atoms with van der Waals surface area (Å²) < 4.78 is 46.6. The summed E-state index contributed by atoms with van der Waals surface area (Å²) in [5.74, 6) is -2.29. The van der Waals surface area contributed by atoms with Gasteiger partial charge < -0.3 is 14.2 Å². The van der Waals surface area contributed by atoms with Gasteiger partial charge in [0, 0.05) is 30.2 Å². The van der Waals surface area contributed by atoms with Crippen LogP contribution in [0.5, 0.6) is 0 Å². The van der Waals surface area contributed by atoms with E-state index >= 15 is 0 Å². The molecule has 1 aromatic heterocycles. The lowest BCUT2D eigenvalue weighted by molar-refractivity contribution is 0.0385. The smallest absolute Gasteiger partial charge is 0.289 e. The fourth-order valence-electron chi connectivity index (χ4n) is 3.26. The van der Waals surface area contributed by atoms with Crippen LogP contribution in [0.2, 0.25) is 0 Å². The van der Waals surface area contributed by atoms with Crippen LogP contribution < -0.4 is 0 Å². The van der Waals surface area contributed by atoms with E-state index < -0.39 is 29.5 Å². The van der Waals surface area contributed by atoms with Gasteiger partial charge in [0.1, 0.15) is 17.5 Å². The minimum Gasteiger partial charge on any atom is -0.459 e. The van der Waals surface area contributed by atoms with Crippen LogP contribution in [0.4, 0.5) is 13.2 Å². The van der Waals surface area contributed by atoms with Crippen molar-refractivity contribution in [3.63, 3.8) is 0 Å². The van der Waals surface area contributed by atoms with E-state index in [9.17, 15) is 18.0 Å². The molecule has 0 saturated heterocycles. The van der Waals surface area contributed by atoms with Gasteiger partial charge in [0.05, 0.1) is 18.5 Å². The number of rotatable bonds is 6. The van der Waals surface area contributed by atoms with E-state index in [1.165, 1.54) is 29.4 Å². The zero-order valence-corrected chi connectivity index (χ0v) is 15.7. The van der Waals surface area contributed by atoms with Crippen molar-refractivity contribution >= 4 is 11.6 Å². The van der Waals surface area contributed by atoms with Gasteiger partial charge in [-0.3, -0.25) is 4.79 Å². The highest BCUT2D eigenvalue weighted by Crippen LogP contribution is 2.22. The third-order valence-corrected chi connectivity index (χ3v) is 4.74.